The molecule has 4 rings (SSSR count). The maximum Gasteiger partial charge on any atom is 0.157 e. The van der Waals surface area contributed by atoms with Gasteiger partial charge in [0, 0.05) is 30.8 Å². The van der Waals surface area contributed by atoms with Crippen molar-refractivity contribution >= 4 is 0 Å². The van der Waals surface area contributed by atoms with E-state index in [1.54, 1.807) is 12.4 Å². The predicted octanol–water partition coefficient (Wildman–Crippen LogP) is 3.45. The third-order valence-corrected chi connectivity index (χ3v) is 4.93. The van der Waals surface area contributed by atoms with Gasteiger partial charge in [-0.1, -0.05) is 12.1 Å². The number of nitrogens with zero attached hydrogens (tertiary/aromatic N) is 7. The van der Waals surface area contributed by atoms with Crippen molar-refractivity contribution in [1.29, 1.82) is 5.26 Å². The maximum absolute atomic E-state index is 9.19. The Balaban J connectivity index is 1.68. The average molecular weight is 383 g/mol. The summed E-state index contributed by atoms with van der Waals surface area (Å²) in [5, 5.41) is 18.4. The molecule has 0 fully saturated rings. The van der Waals surface area contributed by atoms with E-state index in [0.29, 0.717) is 12.0 Å². The van der Waals surface area contributed by atoms with Crippen LogP contribution in [-0.4, -0.2) is 29.5 Å². The third kappa shape index (κ3) is 3.52. The lowest BCUT2D eigenvalue weighted by Crippen LogP contribution is -2.05. The topological polar surface area (TPSA) is 85.2 Å². The number of hydrogen-bond donors (Lipinski definition) is 0. The summed E-state index contributed by atoms with van der Waals surface area (Å²) >= 11 is 0. The highest BCUT2D eigenvalue weighted by Gasteiger charge is 2.16. The van der Waals surface area contributed by atoms with Gasteiger partial charge in [-0.05, 0) is 44.5 Å². The molecule has 29 heavy (non-hydrogen) atoms. The van der Waals surface area contributed by atoms with Crippen LogP contribution in [0.25, 0.3) is 17.1 Å². The van der Waals surface area contributed by atoms with E-state index in [1.165, 1.54) is 0 Å². The first kappa shape index (κ1) is 18.6. The molecule has 0 N–H and O–H groups in total. The van der Waals surface area contributed by atoms with Crippen LogP contribution in [-0.2, 0) is 13.5 Å². The summed E-state index contributed by atoms with van der Waals surface area (Å²) in [5.74, 6) is 0.746. The molecule has 0 bridgehead atoms. The summed E-state index contributed by atoms with van der Waals surface area (Å²) in [6.07, 6.45) is 2.16. The van der Waals surface area contributed by atoms with E-state index in [-0.39, 0.29) is 0 Å². The monoisotopic (exact) mass is 383 g/mol. The maximum atomic E-state index is 9.19. The molecule has 0 atom stereocenters. The molecule has 7 nitrogen and oxygen atoms in total. The van der Waals surface area contributed by atoms with Crippen LogP contribution in [0.5, 0.6) is 0 Å². The van der Waals surface area contributed by atoms with E-state index in [4.69, 9.17) is 5.10 Å². The molecule has 0 aliphatic heterocycles. The van der Waals surface area contributed by atoms with E-state index in [2.05, 4.69) is 28.1 Å². The number of aryl methyl sites for hydroxylation is 3. The molecular formula is C22H21N7. The molecule has 3 aromatic heterocycles. The minimum absolute atomic E-state index is 0.590. The Hall–Kier alpha value is -3.79. The highest BCUT2D eigenvalue weighted by atomic mass is 15.3. The van der Waals surface area contributed by atoms with Gasteiger partial charge in [0.15, 0.2) is 5.82 Å². The summed E-state index contributed by atoms with van der Waals surface area (Å²) in [6.45, 7) is 6.03. The molecule has 0 radical (unpaired) electrons. The van der Waals surface area contributed by atoms with Crippen LogP contribution in [0.3, 0.4) is 0 Å². The Bertz CT molecular complexity index is 1240. The van der Waals surface area contributed by atoms with Crippen LogP contribution in [0, 0.1) is 32.1 Å². The van der Waals surface area contributed by atoms with Gasteiger partial charge in [0.05, 0.1) is 34.4 Å². The number of aromatic nitrogens is 6. The average Bonchev–Trinajstić information content (AvgIpc) is 3.19. The normalized spacial score (nSPS) is 10.9. The molecule has 0 aliphatic carbocycles. The lowest BCUT2D eigenvalue weighted by atomic mass is 10.0. The Labute approximate surface area is 169 Å². The quantitative estimate of drug-likeness (QED) is 0.539. The van der Waals surface area contributed by atoms with Gasteiger partial charge in [-0.15, -0.1) is 0 Å². The fourth-order valence-corrected chi connectivity index (χ4v) is 3.62. The Morgan fingerprint density at radius 3 is 2.59 bits per heavy atom. The molecule has 7 heteroatoms. The first-order valence-corrected chi connectivity index (χ1v) is 9.34. The second kappa shape index (κ2) is 7.32. The van der Waals surface area contributed by atoms with Crippen LogP contribution in [0.15, 0.2) is 42.7 Å². The predicted molar refractivity (Wildman–Crippen MR) is 110 cm³/mol. The minimum atomic E-state index is 0.590. The summed E-state index contributed by atoms with van der Waals surface area (Å²) in [6, 6.07) is 13.7. The third-order valence-electron chi connectivity index (χ3n) is 4.93. The number of nitriles is 1. The van der Waals surface area contributed by atoms with Gasteiger partial charge in [-0.25, -0.2) is 14.6 Å². The Kier molecular flexibility index (Phi) is 4.69. The summed E-state index contributed by atoms with van der Waals surface area (Å²) in [7, 11) is 1.92. The van der Waals surface area contributed by atoms with Crippen molar-refractivity contribution in [1.82, 2.24) is 29.5 Å². The summed E-state index contributed by atoms with van der Waals surface area (Å²) < 4.78 is 3.69. The van der Waals surface area contributed by atoms with Gasteiger partial charge >= 0.3 is 0 Å². The molecule has 144 valence electrons. The van der Waals surface area contributed by atoms with Crippen molar-refractivity contribution in [3.8, 4) is 23.1 Å². The van der Waals surface area contributed by atoms with Crippen LogP contribution < -0.4 is 0 Å². The highest BCUT2D eigenvalue weighted by Crippen LogP contribution is 2.27. The van der Waals surface area contributed by atoms with Gasteiger partial charge < -0.3 is 0 Å². The van der Waals surface area contributed by atoms with Gasteiger partial charge in [-0.2, -0.15) is 15.5 Å². The van der Waals surface area contributed by atoms with Gasteiger partial charge in [0.25, 0.3) is 0 Å². The van der Waals surface area contributed by atoms with E-state index in [9.17, 15) is 5.26 Å². The molecule has 0 aliphatic rings. The summed E-state index contributed by atoms with van der Waals surface area (Å²) in [4.78, 5) is 8.80. The van der Waals surface area contributed by atoms with Crippen molar-refractivity contribution in [3.05, 3.63) is 76.6 Å². The van der Waals surface area contributed by atoms with E-state index < -0.39 is 0 Å². The molecule has 0 unspecified atom stereocenters. The van der Waals surface area contributed by atoms with Crippen LogP contribution in [0.2, 0.25) is 0 Å². The number of hydrogen-bond acceptors (Lipinski definition) is 5. The van der Waals surface area contributed by atoms with Gasteiger partial charge in [0.1, 0.15) is 6.33 Å². The van der Waals surface area contributed by atoms with Crippen molar-refractivity contribution in [2.75, 3.05) is 0 Å². The zero-order valence-corrected chi connectivity index (χ0v) is 16.9. The molecule has 0 saturated carbocycles. The lowest BCUT2D eigenvalue weighted by Gasteiger charge is -2.06. The fourth-order valence-electron chi connectivity index (χ4n) is 3.62. The Morgan fingerprint density at radius 2 is 1.86 bits per heavy atom. The second-order valence-corrected chi connectivity index (χ2v) is 7.12. The minimum Gasteiger partial charge on any atom is -0.267 e. The first-order chi connectivity index (χ1) is 14.0. The largest absolute Gasteiger partial charge is 0.267 e. The van der Waals surface area contributed by atoms with Gasteiger partial charge in [-0.3, -0.25) is 4.68 Å². The van der Waals surface area contributed by atoms with Gasteiger partial charge in [0.2, 0.25) is 0 Å². The van der Waals surface area contributed by atoms with Crippen molar-refractivity contribution < 1.29 is 0 Å². The summed E-state index contributed by atoms with van der Waals surface area (Å²) in [5.41, 5.74) is 7.50. The SMILES string of the molecule is Cc1cc(C)n(-c2cc(Cc3nn(C)c(-c4cccc(C#N)c4)c3C)ncn2)n1. The van der Waals surface area contributed by atoms with E-state index in [0.717, 1.165) is 45.4 Å². The van der Waals surface area contributed by atoms with Crippen molar-refractivity contribution in [3.63, 3.8) is 0 Å². The molecule has 0 saturated heterocycles. The molecule has 0 amide bonds. The van der Waals surface area contributed by atoms with E-state index >= 15 is 0 Å². The molecular weight excluding hydrogens is 362 g/mol. The zero-order valence-electron chi connectivity index (χ0n) is 16.9. The van der Waals surface area contributed by atoms with Crippen LogP contribution in [0.4, 0.5) is 0 Å². The highest BCUT2D eigenvalue weighted by molar-refractivity contribution is 5.66. The second-order valence-electron chi connectivity index (χ2n) is 7.12. The lowest BCUT2D eigenvalue weighted by molar-refractivity contribution is 0.751. The van der Waals surface area contributed by atoms with E-state index in [1.807, 2.05) is 60.6 Å². The molecule has 3 heterocycles. The van der Waals surface area contributed by atoms with Crippen LogP contribution in [0.1, 0.15) is 33.9 Å². The van der Waals surface area contributed by atoms with Crippen molar-refractivity contribution in [2.45, 2.75) is 27.2 Å². The molecule has 4 aromatic rings. The Morgan fingerprint density at radius 1 is 1.03 bits per heavy atom. The van der Waals surface area contributed by atoms with Crippen LogP contribution >= 0.6 is 0 Å². The molecule has 1 aromatic carbocycles. The zero-order chi connectivity index (χ0) is 20.5. The number of benzene rings is 1. The molecule has 0 spiro atoms. The standard InChI is InChI=1S/C22H21N7/c1-14-8-15(2)29(26-14)21-11-19(24-13-25-21)10-20-16(3)22(28(4)27-20)18-7-5-6-17(9-18)12-23/h5-9,11,13H,10H2,1-4H3. The smallest absolute Gasteiger partial charge is 0.157 e. The fraction of sp³-hybridized carbons (Fsp3) is 0.227. The van der Waals surface area contributed by atoms with Crippen molar-refractivity contribution in [2.24, 2.45) is 7.05 Å². The number of rotatable bonds is 4. The first-order valence-electron chi connectivity index (χ1n) is 9.34.